The third-order valence-electron chi connectivity index (χ3n) is 5.27. The summed E-state index contributed by atoms with van der Waals surface area (Å²) < 4.78 is 0. The van der Waals surface area contributed by atoms with E-state index in [4.69, 9.17) is 18.0 Å². The van der Waals surface area contributed by atoms with Crippen LogP contribution in [0, 0.1) is 17.8 Å². The van der Waals surface area contributed by atoms with Gasteiger partial charge in [-0.3, -0.25) is 0 Å². The monoisotopic (exact) mass is 320 g/mol. The summed E-state index contributed by atoms with van der Waals surface area (Å²) in [5.74, 6) is 2.81. The lowest BCUT2D eigenvalue weighted by atomic mass is 9.88. The molecule has 3 unspecified atom stereocenters. The van der Waals surface area contributed by atoms with E-state index in [0.717, 1.165) is 29.9 Å². The molecule has 0 radical (unpaired) electrons. The molecule has 21 heavy (non-hydrogen) atoms. The molecule has 0 heterocycles. The summed E-state index contributed by atoms with van der Waals surface area (Å²) in [5.41, 5.74) is 8.23. The smallest absolute Gasteiger partial charge is 0.107 e. The number of hydrogen-bond acceptors (Lipinski definition) is 3. The number of hydrogen-bond donors (Lipinski definition) is 1. The predicted octanol–water partition coefficient (Wildman–Crippen LogP) is 3.92. The van der Waals surface area contributed by atoms with Gasteiger partial charge in [0.1, 0.15) is 4.99 Å². The average molecular weight is 321 g/mol. The van der Waals surface area contributed by atoms with E-state index >= 15 is 0 Å². The van der Waals surface area contributed by atoms with Crippen molar-refractivity contribution < 1.29 is 0 Å². The van der Waals surface area contributed by atoms with E-state index in [1.807, 2.05) is 0 Å². The molecule has 1 aromatic carbocycles. The zero-order chi connectivity index (χ0) is 15.0. The minimum Gasteiger partial charge on any atom is -0.389 e. The summed E-state index contributed by atoms with van der Waals surface area (Å²) in [4.78, 5) is 4.06. The van der Waals surface area contributed by atoms with Crippen LogP contribution in [0.2, 0.25) is 0 Å². The minimum atomic E-state index is 0.509. The highest BCUT2D eigenvalue weighted by atomic mass is 32.2. The number of fused-ring (bicyclic) bond motifs is 2. The molecule has 2 nitrogen and oxygen atoms in total. The second-order valence-electron chi connectivity index (χ2n) is 6.53. The summed E-state index contributed by atoms with van der Waals surface area (Å²) in [7, 11) is 2.19. The van der Waals surface area contributed by atoms with Crippen molar-refractivity contribution in [2.24, 2.45) is 23.5 Å². The van der Waals surface area contributed by atoms with Gasteiger partial charge in [-0.05, 0) is 55.4 Å². The van der Waals surface area contributed by atoms with Gasteiger partial charge in [-0.1, -0.05) is 24.7 Å². The van der Waals surface area contributed by atoms with Crippen LogP contribution < -0.4 is 10.6 Å². The summed E-state index contributed by atoms with van der Waals surface area (Å²) in [6.07, 6.45) is 7.86. The van der Waals surface area contributed by atoms with E-state index in [-0.39, 0.29) is 0 Å². The fourth-order valence-electron chi connectivity index (χ4n) is 4.31. The second kappa shape index (κ2) is 6.17. The Hall–Kier alpha value is -0.740. The van der Waals surface area contributed by atoms with Crippen molar-refractivity contribution in [3.8, 4) is 0 Å². The molecule has 3 rings (SSSR count). The van der Waals surface area contributed by atoms with Gasteiger partial charge in [0, 0.05) is 29.7 Å². The van der Waals surface area contributed by atoms with Gasteiger partial charge in [0.25, 0.3) is 0 Å². The molecule has 2 N–H and O–H groups in total. The van der Waals surface area contributed by atoms with Crippen molar-refractivity contribution in [2.45, 2.75) is 30.6 Å². The van der Waals surface area contributed by atoms with E-state index in [0.29, 0.717) is 4.99 Å². The summed E-state index contributed by atoms with van der Waals surface area (Å²) in [6, 6.07) is 6.37. The van der Waals surface area contributed by atoms with E-state index in [9.17, 15) is 0 Å². The largest absolute Gasteiger partial charge is 0.389 e. The molecule has 4 heteroatoms. The maximum atomic E-state index is 5.99. The Morgan fingerprint density at radius 3 is 2.76 bits per heavy atom. The van der Waals surface area contributed by atoms with Crippen molar-refractivity contribution in [3.05, 3.63) is 23.8 Å². The van der Waals surface area contributed by atoms with E-state index in [1.54, 1.807) is 11.8 Å². The first-order valence-corrected chi connectivity index (χ1v) is 9.41. The molecule has 2 bridgehead atoms. The number of thiocarbonyl (C=S) groups is 1. The van der Waals surface area contributed by atoms with E-state index in [1.165, 1.54) is 36.3 Å². The van der Waals surface area contributed by atoms with Crippen molar-refractivity contribution in [1.29, 1.82) is 0 Å². The molecule has 2 aliphatic rings. The lowest BCUT2D eigenvalue weighted by Gasteiger charge is -2.30. The molecule has 0 amide bonds. The molecule has 0 saturated heterocycles. The quantitative estimate of drug-likeness (QED) is 0.658. The Labute approximate surface area is 137 Å². The van der Waals surface area contributed by atoms with Crippen LogP contribution in [0.5, 0.6) is 0 Å². The van der Waals surface area contributed by atoms with E-state index < -0.39 is 0 Å². The molecule has 1 aromatic rings. The number of thioether (sulfide) groups is 1. The van der Waals surface area contributed by atoms with Crippen LogP contribution in [0.4, 0.5) is 5.69 Å². The van der Waals surface area contributed by atoms with Gasteiger partial charge < -0.3 is 10.6 Å². The van der Waals surface area contributed by atoms with Gasteiger partial charge in [0.2, 0.25) is 0 Å². The zero-order valence-electron chi connectivity index (χ0n) is 12.8. The number of rotatable bonds is 5. The van der Waals surface area contributed by atoms with Crippen LogP contribution in [0.1, 0.15) is 31.2 Å². The molecular formula is C17H24N2S2. The highest BCUT2D eigenvalue weighted by Crippen LogP contribution is 2.48. The number of anilines is 1. The zero-order valence-corrected chi connectivity index (χ0v) is 14.5. The third-order valence-corrected chi connectivity index (χ3v) is 6.26. The summed E-state index contributed by atoms with van der Waals surface area (Å²) in [6.45, 7) is 1.13. The Balaban J connectivity index is 1.81. The average Bonchev–Trinajstić information content (AvgIpc) is 3.08. The highest BCUT2D eigenvalue weighted by Gasteiger charge is 2.39. The van der Waals surface area contributed by atoms with Gasteiger partial charge in [-0.2, -0.15) is 0 Å². The Kier molecular flexibility index (Phi) is 4.46. The van der Waals surface area contributed by atoms with Crippen LogP contribution >= 0.6 is 24.0 Å². The SMILES string of the molecule is CSc1cccc(N(C)CC2CC3CCC2C3)c1C(N)=S. The number of nitrogens with two attached hydrogens (primary N) is 1. The first-order valence-electron chi connectivity index (χ1n) is 7.78. The van der Waals surface area contributed by atoms with Crippen molar-refractivity contribution in [1.82, 2.24) is 0 Å². The van der Waals surface area contributed by atoms with Gasteiger partial charge in [0.15, 0.2) is 0 Å². The fourth-order valence-corrected chi connectivity index (χ4v) is 5.22. The Bertz CT molecular complexity index is 544. The molecule has 3 atom stereocenters. The molecule has 0 aromatic heterocycles. The van der Waals surface area contributed by atoms with Crippen LogP contribution in [-0.4, -0.2) is 24.8 Å². The molecule has 2 saturated carbocycles. The Morgan fingerprint density at radius 2 is 2.19 bits per heavy atom. The fraction of sp³-hybridized carbons (Fsp3) is 0.588. The first-order chi connectivity index (χ1) is 10.1. The number of benzene rings is 1. The summed E-state index contributed by atoms with van der Waals surface area (Å²) >= 11 is 7.01. The third kappa shape index (κ3) is 2.93. The van der Waals surface area contributed by atoms with Crippen LogP contribution in [0.15, 0.2) is 23.1 Å². The van der Waals surface area contributed by atoms with Gasteiger partial charge in [0.05, 0.1) is 0 Å². The molecular weight excluding hydrogens is 296 g/mol. The van der Waals surface area contributed by atoms with E-state index in [2.05, 4.69) is 36.4 Å². The molecule has 0 aliphatic heterocycles. The lowest BCUT2D eigenvalue weighted by Crippen LogP contribution is -2.30. The molecule has 2 aliphatic carbocycles. The molecule has 0 spiro atoms. The van der Waals surface area contributed by atoms with Gasteiger partial charge >= 0.3 is 0 Å². The Morgan fingerprint density at radius 1 is 1.38 bits per heavy atom. The maximum Gasteiger partial charge on any atom is 0.107 e. The van der Waals surface area contributed by atoms with Crippen LogP contribution in [0.3, 0.4) is 0 Å². The van der Waals surface area contributed by atoms with Crippen molar-refractivity contribution >= 4 is 34.7 Å². The lowest BCUT2D eigenvalue weighted by molar-refractivity contribution is 0.337. The van der Waals surface area contributed by atoms with Crippen molar-refractivity contribution in [2.75, 3.05) is 24.7 Å². The number of nitrogens with zero attached hydrogens (tertiary/aromatic N) is 1. The van der Waals surface area contributed by atoms with Crippen LogP contribution in [-0.2, 0) is 0 Å². The predicted molar refractivity (Wildman–Crippen MR) is 96.3 cm³/mol. The van der Waals surface area contributed by atoms with Gasteiger partial charge in [-0.25, -0.2) is 0 Å². The van der Waals surface area contributed by atoms with Gasteiger partial charge in [-0.15, -0.1) is 11.8 Å². The minimum absolute atomic E-state index is 0.509. The second-order valence-corrected chi connectivity index (χ2v) is 7.82. The standard InChI is InChI=1S/C17H24N2S2/c1-19(10-13-9-11-6-7-12(13)8-11)14-4-3-5-15(21-2)16(14)17(18)20/h3-5,11-13H,6-10H2,1-2H3,(H2,18,20). The molecule has 2 fully saturated rings. The molecule has 114 valence electrons. The highest BCUT2D eigenvalue weighted by molar-refractivity contribution is 7.98. The summed E-state index contributed by atoms with van der Waals surface area (Å²) in [5, 5.41) is 0. The van der Waals surface area contributed by atoms with Crippen LogP contribution in [0.25, 0.3) is 0 Å². The van der Waals surface area contributed by atoms with Crippen molar-refractivity contribution in [3.63, 3.8) is 0 Å². The topological polar surface area (TPSA) is 29.3 Å². The maximum absolute atomic E-state index is 5.99. The normalized spacial score (nSPS) is 27.0. The first kappa shape index (κ1) is 15.2.